The molecule has 1 aliphatic rings. The minimum Gasteiger partial charge on any atom is -0.389 e. The van der Waals surface area contributed by atoms with Gasteiger partial charge in [-0.1, -0.05) is 12.1 Å². The maximum Gasteiger partial charge on any atom is 0.251 e. The topological polar surface area (TPSA) is 90.9 Å². The lowest BCUT2D eigenvalue weighted by Crippen LogP contribution is -2.47. The van der Waals surface area contributed by atoms with Crippen LogP contribution in [0, 0.1) is 18.6 Å². The Morgan fingerprint density at radius 3 is 2.82 bits per heavy atom. The summed E-state index contributed by atoms with van der Waals surface area (Å²) in [7, 11) is 0. The fourth-order valence-electron chi connectivity index (χ4n) is 5.49. The molecule has 1 aliphatic carbocycles. The summed E-state index contributed by atoms with van der Waals surface area (Å²) >= 11 is 1.62. The Bertz CT molecular complexity index is 1660. The molecule has 1 fully saturated rings. The van der Waals surface area contributed by atoms with Gasteiger partial charge < -0.3 is 10.4 Å². The number of halogens is 2. The number of aliphatic hydroxyl groups is 1. The van der Waals surface area contributed by atoms with Crippen LogP contribution in [0.15, 0.2) is 54.6 Å². The fraction of sp³-hybridized carbons (Fsp3) is 0.276. The van der Waals surface area contributed by atoms with Crippen LogP contribution in [0.4, 0.5) is 8.78 Å². The van der Waals surface area contributed by atoms with Gasteiger partial charge in [-0.2, -0.15) is 5.10 Å². The lowest BCUT2D eigenvalue weighted by molar-refractivity contribution is -0.00754. The van der Waals surface area contributed by atoms with Gasteiger partial charge in [0.25, 0.3) is 5.91 Å². The summed E-state index contributed by atoms with van der Waals surface area (Å²) < 4.78 is 29.5. The first kappa shape index (κ1) is 24.6. The smallest absolute Gasteiger partial charge is 0.251 e. The molecule has 0 unspecified atom stereocenters. The number of hydrogen-bond donors (Lipinski definition) is 3. The number of amides is 1. The van der Waals surface area contributed by atoms with E-state index in [0.717, 1.165) is 37.4 Å². The Morgan fingerprint density at radius 2 is 2.00 bits per heavy atom. The molecule has 1 amide bonds. The van der Waals surface area contributed by atoms with Crippen LogP contribution >= 0.6 is 11.3 Å². The van der Waals surface area contributed by atoms with Crippen LogP contribution in [0.1, 0.15) is 46.6 Å². The van der Waals surface area contributed by atoms with E-state index in [1.165, 1.54) is 18.2 Å². The number of thiazole rings is 1. The number of fused-ring (bicyclic) bond motifs is 2. The van der Waals surface area contributed by atoms with Crippen molar-refractivity contribution in [3.8, 4) is 11.3 Å². The van der Waals surface area contributed by atoms with Crippen molar-refractivity contribution in [3.63, 3.8) is 0 Å². The van der Waals surface area contributed by atoms with Crippen LogP contribution in [-0.4, -0.2) is 37.8 Å². The van der Waals surface area contributed by atoms with Crippen molar-refractivity contribution in [2.24, 2.45) is 0 Å². The number of benzene rings is 3. The molecule has 0 bridgehead atoms. The molecule has 0 radical (unpaired) electrons. The molecule has 9 heteroatoms. The summed E-state index contributed by atoms with van der Waals surface area (Å²) in [5, 5.41) is 23.6. The molecule has 6 nitrogen and oxygen atoms in total. The molecular weight excluding hydrogens is 506 g/mol. The molecule has 3 N–H and O–H groups in total. The highest BCUT2D eigenvalue weighted by Gasteiger charge is 2.36. The molecule has 38 heavy (non-hydrogen) atoms. The quantitative estimate of drug-likeness (QED) is 0.256. The van der Waals surface area contributed by atoms with Gasteiger partial charge in [-0.3, -0.25) is 9.89 Å². The number of carbonyl (C=O) groups is 1. The average Bonchev–Trinajstić information content (AvgIpc) is 3.48. The Hall–Kier alpha value is -3.69. The highest BCUT2D eigenvalue weighted by Crippen LogP contribution is 2.34. The number of nitrogens with zero attached hydrogens (tertiary/aromatic N) is 2. The van der Waals surface area contributed by atoms with E-state index < -0.39 is 17.2 Å². The van der Waals surface area contributed by atoms with Crippen LogP contribution in [0.2, 0.25) is 0 Å². The van der Waals surface area contributed by atoms with E-state index in [1.807, 2.05) is 31.2 Å². The van der Waals surface area contributed by atoms with Gasteiger partial charge in [0.1, 0.15) is 11.6 Å². The largest absolute Gasteiger partial charge is 0.389 e. The third kappa shape index (κ3) is 4.68. The normalized spacial score (nSPS) is 19.7. The van der Waals surface area contributed by atoms with Gasteiger partial charge in [0.15, 0.2) is 0 Å². The first-order valence-corrected chi connectivity index (χ1v) is 13.4. The zero-order chi connectivity index (χ0) is 26.4. The lowest BCUT2D eigenvalue weighted by Gasteiger charge is -2.37. The van der Waals surface area contributed by atoms with E-state index in [9.17, 15) is 18.7 Å². The van der Waals surface area contributed by atoms with Gasteiger partial charge in [0.05, 0.1) is 32.0 Å². The third-order valence-electron chi connectivity index (χ3n) is 7.32. The molecule has 2 aromatic heterocycles. The molecule has 3 aromatic carbocycles. The van der Waals surface area contributed by atoms with Crippen molar-refractivity contribution < 1.29 is 18.7 Å². The first-order valence-electron chi connectivity index (χ1n) is 12.6. The van der Waals surface area contributed by atoms with Crippen LogP contribution in [0.3, 0.4) is 0 Å². The maximum absolute atomic E-state index is 14.2. The number of H-pyrrole nitrogens is 1. The molecular formula is C29H26F2N4O2S. The third-order valence-corrected chi connectivity index (χ3v) is 8.25. The zero-order valence-electron chi connectivity index (χ0n) is 20.7. The van der Waals surface area contributed by atoms with E-state index in [0.29, 0.717) is 24.8 Å². The minimum atomic E-state index is -1.30. The molecule has 2 heterocycles. The van der Waals surface area contributed by atoms with Crippen molar-refractivity contribution >= 4 is 38.4 Å². The van der Waals surface area contributed by atoms with Gasteiger partial charge in [-0.25, -0.2) is 13.8 Å². The molecule has 194 valence electrons. The van der Waals surface area contributed by atoms with Crippen molar-refractivity contribution in [2.45, 2.75) is 50.7 Å². The van der Waals surface area contributed by atoms with Crippen molar-refractivity contribution in [2.75, 3.05) is 0 Å². The summed E-state index contributed by atoms with van der Waals surface area (Å²) in [5.41, 5.74) is 2.51. The Kier molecular flexibility index (Phi) is 6.20. The maximum atomic E-state index is 14.2. The summed E-state index contributed by atoms with van der Waals surface area (Å²) in [6, 6.07) is 14.8. The van der Waals surface area contributed by atoms with E-state index in [4.69, 9.17) is 0 Å². The molecule has 1 saturated carbocycles. The first-order chi connectivity index (χ1) is 18.3. The van der Waals surface area contributed by atoms with Gasteiger partial charge in [0.2, 0.25) is 0 Å². The SMILES string of the molecule is Cc1nc2ccc(-c3n[nH]c4ccc(C(=O)N[C@@H]5CCC[C@@](O)(Cc6c(F)cccc6F)C5)cc34)cc2s1. The summed E-state index contributed by atoms with van der Waals surface area (Å²) in [4.78, 5) is 17.7. The molecule has 0 spiro atoms. The van der Waals surface area contributed by atoms with E-state index in [2.05, 4.69) is 26.6 Å². The number of nitrogens with one attached hydrogen (secondary N) is 2. The second-order valence-corrected chi connectivity index (χ2v) is 11.4. The Morgan fingerprint density at radius 1 is 1.18 bits per heavy atom. The highest BCUT2D eigenvalue weighted by atomic mass is 32.1. The fourth-order valence-corrected chi connectivity index (χ4v) is 6.35. The van der Waals surface area contributed by atoms with Crippen LogP contribution in [0.25, 0.3) is 32.4 Å². The van der Waals surface area contributed by atoms with E-state index in [-0.39, 0.29) is 30.4 Å². The molecule has 6 rings (SSSR count). The lowest BCUT2D eigenvalue weighted by atomic mass is 9.78. The van der Waals surface area contributed by atoms with Crippen molar-refractivity contribution in [3.05, 3.63) is 82.4 Å². The molecule has 2 atom stereocenters. The number of rotatable bonds is 5. The Labute approximate surface area is 221 Å². The second-order valence-electron chi connectivity index (χ2n) is 10.1. The standard InChI is InChI=1S/C29H26F2N4O2S/c1-16-32-25-10-7-17(13-26(25)38-16)27-20-12-18(8-9-24(20)34-35-27)28(36)33-19-4-3-11-29(37,14-19)15-21-22(30)5-2-6-23(21)31/h2,5-10,12-13,19,37H,3-4,11,14-15H2,1H3,(H,33,36)(H,34,35)/t19-,29+/m1/s1. The average molecular weight is 533 g/mol. The minimum absolute atomic E-state index is 0.119. The number of aromatic nitrogens is 3. The predicted molar refractivity (Wildman–Crippen MR) is 144 cm³/mol. The van der Waals surface area contributed by atoms with Crippen LogP contribution in [0.5, 0.6) is 0 Å². The summed E-state index contributed by atoms with van der Waals surface area (Å²) in [5.74, 6) is -1.60. The summed E-state index contributed by atoms with van der Waals surface area (Å²) in [6.07, 6.45) is 1.83. The van der Waals surface area contributed by atoms with Crippen LogP contribution in [-0.2, 0) is 6.42 Å². The van der Waals surface area contributed by atoms with Gasteiger partial charge in [-0.15, -0.1) is 11.3 Å². The highest BCUT2D eigenvalue weighted by molar-refractivity contribution is 7.18. The molecule has 0 saturated heterocycles. The van der Waals surface area contributed by atoms with E-state index >= 15 is 0 Å². The number of aromatic amines is 1. The van der Waals surface area contributed by atoms with Crippen molar-refractivity contribution in [1.82, 2.24) is 20.5 Å². The molecule has 5 aromatic rings. The Balaban J connectivity index is 1.22. The number of carbonyl (C=O) groups excluding carboxylic acids is 1. The monoisotopic (exact) mass is 532 g/mol. The van der Waals surface area contributed by atoms with Gasteiger partial charge >= 0.3 is 0 Å². The van der Waals surface area contributed by atoms with Gasteiger partial charge in [0, 0.05) is 34.5 Å². The molecule has 0 aliphatic heterocycles. The van der Waals surface area contributed by atoms with Gasteiger partial charge in [-0.05, 0) is 75.1 Å². The number of aryl methyl sites for hydroxylation is 1. The van der Waals surface area contributed by atoms with Crippen molar-refractivity contribution in [1.29, 1.82) is 0 Å². The number of hydrogen-bond acceptors (Lipinski definition) is 5. The van der Waals surface area contributed by atoms with E-state index in [1.54, 1.807) is 17.4 Å². The predicted octanol–water partition coefficient (Wildman–Crippen LogP) is 6.07. The zero-order valence-corrected chi connectivity index (χ0v) is 21.5. The summed E-state index contributed by atoms with van der Waals surface area (Å²) in [6.45, 7) is 1.98. The van der Waals surface area contributed by atoms with Crippen LogP contribution < -0.4 is 5.32 Å². The second kappa shape index (κ2) is 9.56.